The molecule has 1 amide bonds. The second kappa shape index (κ2) is 6.05. The zero-order valence-corrected chi connectivity index (χ0v) is 11.5. The van der Waals surface area contributed by atoms with Crippen LogP contribution in [-0.2, 0) is 6.54 Å². The summed E-state index contributed by atoms with van der Waals surface area (Å²) in [5.41, 5.74) is 0.749. The summed E-state index contributed by atoms with van der Waals surface area (Å²) in [4.78, 5) is 14.3. The monoisotopic (exact) mass is 289 g/mol. The number of rotatable bonds is 4. The van der Waals surface area contributed by atoms with Gasteiger partial charge in [0.25, 0.3) is 5.91 Å². The average Bonchev–Trinajstić information content (AvgIpc) is 3.13. The van der Waals surface area contributed by atoms with Crippen LogP contribution in [0.2, 0.25) is 0 Å². The lowest BCUT2D eigenvalue weighted by atomic mass is 10.3. The molecule has 1 aliphatic rings. The van der Waals surface area contributed by atoms with E-state index in [9.17, 15) is 9.18 Å². The lowest BCUT2D eigenvalue weighted by Gasteiger charge is -2.10. The number of hydrogen-bond acceptors (Lipinski definition) is 4. The van der Waals surface area contributed by atoms with E-state index in [1.165, 1.54) is 37.1 Å². The number of carbonyl (C=O) groups is 1. The second-order valence-corrected chi connectivity index (χ2v) is 5.12. The Morgan fingerprint density at radius 1 is 1.29 bits per heavy atom. The first kappa shape index (κ1) is 13.8. The predicted octanol–water partition coefficient (Wildman–Crippen LogP) is 2.66. The van der Waals surface area contributed by atoms with Crippen LogP contribution in [0.15, 0.2) is 34.9 Å². The summed E-state index contributed by atoms with van der Waals surface area (Å²) in [6.07, 6.45) is 2.40. The average molecular weight is 289 g/mol. The van der Waals surface area contributed by atoms with Gasteiger partial charge in [0.1, 0.15) is 5.82 Å². The Morgan fingerprint density at radius 3 is 2.71 bits per heavy atom. The molecule has 1 N–H and O–H groups in total. The molecule has 1 fully saturated rings. The molecule has 1 aromatic heterocycles. The maximum atomic E-state index is 12.8. The van der Waals surface area contributed by atoms with Crippen LogP contribution in [0.5, 0.6) is 0 Å². The maximum Gasteiger partial charge on any atom is 0.277 e. The van der Waals surface area contributed by atoms with E-state index in [4.69, 9.17) is 4.52 Å². The summed E-state index contributed by atoms with van der Waals surface area (Å²) in [5, 5.41) is 6.43. The number of nitrogens with zero attached hydrogens (tertiary/aromatic N) is 2. The van der Waals surface area contributed by atoms with E-state index in [1.54, 1.807) is 6.07 Å². The third kappa shape index (κ3) is 3.46. The first-order valence-corrected chi connectivity index (χ1v) is 6.95. The van der Waals surface area contributed by atoms with Gasteiger partial charge in [0.05, 0.1) is 6.54 Å². The minimum Gasteiger partial charge on any atom is -0.359 e. The van der Waals surface area contributed by atoms with Gasteiger partial charge in [-0.05, 0) is 50.2 Å². The quantitative estimate of drug-likeness (QED) is 0.940. The zero-order chi connectivity index (χ0) is 14.7. The highest BCUT2D eigenvalue weighted by Crippen LogP contribution is 2.15. The Kier molecular flexibility index (Phi) is 3.96. The Balaban J connectivity index is 1.62. The maximum absolute atomic E-state index is 12.8. The molecule has 0 unspecified atom stereocenters. The number of anilines is 1. The summed E-state index contributed by atoms with van der Waals surface area (Å²) >= 11 is 0. The standard InChI is InChI=1S/C15H16FN3O2/c16-11-3-5-12(6-4-11)17-15(20)14-9-13(21-18-14)10-19-7-1-2-8-19/h3-6,9H,1-2,7-8,10H2,(H,17,20). The van der Waals surface area contributed by atoms with Crippen LogP contribution in [0, 0.1) is 5.82 Å². The highest BCUT2D eigenvalue weighted by molar-refractivity contribution is 6.02. The van der Waals surface area contributed by atoms with Crippen molar-refractivity contribution in [3.63, 3.8) is 0 Å². The third-order valence-corrected chi connectivity index (χ3v) is 3.47. The lowest BCUT2D eigenvalue weighted by molar-refractivity contribution is 0.101. The molecule has 2 aromatic rings. The minimum absolute atomic E-state index is 0.230. The Bertz CT molecular complexity index is 618. The van der Waals surface area contributed by atoms with Gasteiger partial charge in [0, 0.05) is 11.8 Å². The number of benzene rings is 1. The van der Waals surface area contributed by atoms with Crippen LogP contribution in [-0.4, -0.2) is 29.1 Å². The van der Waals surface area contributed by atoms with Crippen molar-refractivity contribution in [3.05, 3.63) is 47.6 Å². The molecule has 5 nitrogen and oxygen atoms in total. The smallest absolute Gasteiger partial charge is 0.277 e. The van der Waals surface area contributed by atoms with Crippen molar-refractivity contribution in [1.29, 1.82) is 0 Å². The Morgan fingerprint density at radius 2 is 2.00 bits per heavy atom. The fourth-order valence-electron chi connectivity index (χ4n) is 2.38. The number of likely N-dealkylation sites (tertiary alicyclic amines) is 1. The minimum atomic E-state index is -0.363. The fraction of sp³-hybridized carbons (Fsp3) is 0.333. The van der Waals surface area contributed by atoms with Gasteiger partial charge in [-0.3, -0.25) is 9.69 Å². The number of hydrogen-bond donors (Lipinski definition) is 1. The van der Waals surface area contributed by atoms with Crippen LogP contribution in [0.3, 0.4) is 0 Å². The molecule has 110 valence electrons. The second-order valence-electron chi connectivity index (χ2n) is 5.12. The van der Waals surface area contributed by atoms with Crippen LogP contribution in [0.25, 0.3) is 0 Å². The van der Waals surface area contributed by atoms with Gasteiger partial charge in [-0.2, -0.15) is 0 Å². The van der Waals surface area contributed by atoms with Crippen molar-refractivity contribution in [2.24, 2.45) is 0 Å². The molecule has 0 atom stereocenters. The first-order valence-electron chi connectivity index (χ1n) is 6.95. The van der Waals surface area contributed by atoms with Crippen molar-refractivity contribution in [3.8, 4) is 0 Å². The van der Waals surface area contributed by atoms with Crippen LogP contribution < -0.4 is 5.32 Å². The lowest BCUT2D eigenvalue weighted by Crippen LogP contribution is -2.18. The van der Waals surface area contributed by atoms with E-state index in [1.807, 2.05) is 0 Å². The van der Waals surface area contributed by atoms with Crippen molar-refractivity contribution in [2.45, 2.75) is 19.4 Å². The number of carbonyl (C=O) groups excluding carboxylic acids is 1. The van der Waals surface area contributed by atoms with E-state index < -0.39 is 0 Å². The predicted molar refractivity (Wildman–Crippen MR) is 75.4 cm³/mol. The first-order chi connectivity index (χ1) is 10.2. The molecule has 1 aliphatic heterocycles. The van der Waals surface area contributed by atoms with Gasteiger partial charge in [0.2, 0.25) is 0 Å². The Hall–Kier alpha value is -2.21. The molecule has 21 heavy (non-hydrogen) atoms. The number of aromatic nitrogens is 1. The van der Waals surface area contributed by atoms with Gasteiger partial charge in [-0.25, -0.2) is 4.39 Å². The number of amides is 1. The highest BCUT2D eigenvalue weighted by Gasteiger charge is 2.17. The molecule has 0 aliphatic carbocycles. The molecule has 2 heterocycles. The number of halogens is 1. The molecule has 0 spiro atoms. The molecule has 6 heteroatoms. The summed E-state index contributed by atoms with van der Waals surface area (Å²) in [6, 6.07) is 7.22. The normalized spacial score (nSPS) is 15.3. The molecule has 1 aromatic carbocycles. The highest BCUT2D eigenvalue weighted by atomic mass is 19.1. The van der Waals surface area contributed by atoms with Crippen molar-refractivity contribution >= 4 is 11.6 Å². The van der Waals surface area contributed by atoms with Crippen LogP contribution in [0.4, 0.5) is 10.1 Å². The van der Waals surface area contributed by atoms with Crippen LogP contribution >= 0.6 is 0 Å². The van der Waals surface area contributed by atoms with E-state index in [0.29, 0.717) is 18.0 Å². The number of nitrogens with one attached hydrogen (secondary N) is 1. The van der Waals surface area contributed by atoms with E-state index in [0.717, 1.165) is 13.1 Å². The SMILES string of the molecule is O=C(Nc1ccc(F)cc1)c1cc(CN2CCCC2)on1. The molecular weight excluding hydrogens is 273 g/mol. The molecule has 1 saturated heterocycles. The van der Waals surface area contributed by atoms with Crippen molar-refractivity contribution < 1.29 is 13.7 Å². The summed E-state index contributed by atoms with van der Waals surface area (Å²) in [5.74, 6) is -0.0264. The zero-order valence-electron chi connectivity index (χ0n) is 11.5. The molecule has 0 bridgehead atoms. The van der Waals surface area contributed by atoms with E-state index in [2.05, 4.69) is 15.4 Å². The summed E-state index contributed by atoms with van der Waals surface area (Å²) in [6.45, 7) is 2.78. The topological polar surface area (TPSA) is 58.4 Å². The molecule has 3 rings (SSSR count). The van der Waals surface area contributed by atoms with Gasteiger partial charge >= 0.3 is 0 Å². The summed E-state index contributed by atoms with van der Waals surface area (Å²) in [7, 11) is 0. The summed E-state index contributed by atoms with van der Waals surface area (Å²) < 4.78 is 18.0. The largest absolute Gasteiger partial charge is 0.359 e. The van der Waals surface area contributed by atoms with E-state index >= 15 is 0 Å². The fourth-order valence-corrected chi connectivity index (χ4v) is 2.38. The van der Waals surface area contributed by atoms with Gasteiger partial charge in [0.15, 0.2) is 11.5 Å². The molecule has 0 radical (unpaired) electrons. The van der Waals surface area contributed by atoms with Crippen molar-refractivity contribution in [1.82, 2.24) is 10.1 Å². The molecular formula is C15H16FN3O2. The third-order valence-electron chi connectivity index (χ3n) is 3.47. The van der Waals surface area contributed by atoms with Gasteiger partial charge in [-0.15, -0.1) is 0 Å². The van der Waals surface area contributed by atoms with Gasteiger partial charge in [-0.1, -0.05) is 5.16 Å². The Labute approximate surface area is 121 Å². The van der Waals surface area contributed by atoms with Gasteiger partial charge < -0.3 is 9.84 Å². The molecule has 0 saturated carbocycles. The van der Waals surface area contributed by atoms with E-state index in [-0.39, 0.29) is 17.4 Å². The van der Waals surface area contributed by atoms with Crippen LogP contribution in [0.1, 0.15) is 29.1 Å². The van der Waals surface area contributed by atoms with Crippen molar-refractivity contribution in [2.75, 3.05) is 18.4 Å².